The standard InChI is InChI=1S/C13H19N5O/c1-5-18-12(6-7-14-18)13(19)16(3)9-11-8-15-17(4)10(11)2/h6-8H,5,9H2,1-4H3. The zero-order valence-electron chi connectivity index (χ0n) is 11.8. The summed E-state index contributed by atoms with van der Waals surface area (Å²) in [5, 5.41) is 8.31. The topological polar surface area (TPSA) is 56.0 Å². The number of rotatable bonds is 4. The molecule has 0 aromatic carbocycles. The van der Waals surface area contributed by atoms with Crippen LogP contribution in [0.3, 0.4) is 0 Å². The van der Waals surface area contributed by atoms with Crippen molar-refractivity contribution in [1.82, 2.24) is 24.5 Å². The number of aromatic nitrogens is 4. The van der Waals surface area contributed by atoms with Gasteiger partial charge in [0.2, 0.25) is 0 Å². The van der Waals surface area contributed by atoms with E-state index in [1.54, 1.807) is 35.1 Å². The molecule has 2 rings (SSSR count). The Bertz CT molecular complexity index is 584. The molecule has 0 aliphatic heterocycles. The number of hydrogen-bond acceptors (Lipinski definition) is 3. The van der Waals surface area contributed by atoms with Gasteiger partial charge in [-0.2, -0.15) is 10.2 Å². The van der Waals surface area contributed by atoms with Crippen molar-refractivity contribution >= 4 is 5.91 Å². The summed E-state index contributed by atoms with van der Waals surface area (Å²) >= 11 is 0. The van der Waals surface area contributed by atoms with E-state index in [4.69, 9.17) is 0 Å². The van der Waals surface area contributed by atoms with Gasteiger partial charge in [0, 0.05) is 44.6 Å². The molecule has 0 bridgehead atoms. The van der Waals surface area contributed by atoms with Crippen LogP contribution in [0.2, 0.25) is 0 Å². The van der Waals surface area contributed by atoms with Crippen molar-refractivity contribution in [2.45, 2.75) is 26.9 Å². The molecule has 19 heavy (non-hydrogen) atoms. The van der Waals surface area contributed by atoms with Crippen LogP contribution < -0.4 is 0 Å². The number of aryl methyl sites for hydroxylation is 2. The lowest BCUT2D eigenvalue weighted by atomic mass is 10.2. The smallest absolute Gasteiger partial charge is 0.272 e. The van der Waals surface area contributed by atoms with Crippen LogP contribution in [0, 0.1) is 6.92 Å². The van der Waals surface area contributed by atoms with Crippen LogP contribution in [0.5, 0.6) is 0 Å². The summed E-state index contributed by atoms with van der Waals surface area (Å²) in [7, 11) is 3.69. The lowest BCUT2D eigenvalue weighted by Gasteiger charge is -2.17. The number of hydrogen-bond donors (Lipinski definition) is 0. The van der Waals surface area contributed by atoms with Crippen LogP contribution >= 0.6 is 0 Å². The van der Waals surface area contributed by atoms with Gasteiger partial charge in [-0.25, -0.2) is 0 Å². The molecule has 0 spiro atoms. The fraction of sp³-hybridized carbons (Fsp3) is 0.462. The molecule has 0 radical (unpaired) electrons. The van der Waals surface area contributed by atoms with E-state index in [-0.39, 0.29) is 5.91 Å². The highest BCUT2D eigenvalue weighted by Crippen LogP contribution is 2.11. The first-order valence-electron chi connectivity index (χ1n) is 6.29. The van der Waals surface area contributed by atoms with E-state index < -0.39 is 0 Å². The SMILES string of the molecule is CCn1nccc1C(=O)N(C)Cc1cnn(C)c1C. The molecule has 1 amide bonds. The minimum absolute atomic E-state index is 0.0254. The van der Waals surface area contributed by atoms with Gasteiger partial charge in [0.25, 0.3) is 5.91 Å². The molecule has 0 unspecified atom stereocenters. The molecule has 102 valence electrons. The summed E-state index contributed by atoms with van der Waals surface area (Å²) < 4.78 is 3.51. The average Bonchev–Trinajstić information content (AvgIpc) is 2.99. The van der Waals surface area contributed by atoms with Gasteiger partial charge >= 0.3 is 0 Å². The van der Waals surface area contributed by atoms with E-state index in [0.717, 1.165) is 11.3 Å². The highest BCUT2D eigenvalue weighted by Gasteiger charge is 2.17. The third kappa shape index (κ3) is 2.52. The number of nitrogens with zero attached hydrogens (tertiary/aromatic N) is 5. The van der Waals surface area contributed by atoms with E-state index in [1.165, 1.54) is 0 Å². The molecule has 0 saturated heterocycles. The molecule has 6 nitrogen and oxygen atoms in total. The van der Waals surface area contributed by atoms with Gasteiger partial charge in [0.15, 0.2) is 0 Å². The summed E-state index contributed by atoms with van der Waals surface area (Å²) in [6.45, 7) is 5.20. The quantitative estimate of drug-likeness (QED) is 0.831. The highest BCUT2D eigenvalue weighted by atomic mass is 16.2. The molecule has 6 heteroatoms. The van der Waals surface area contributed by atoms with E-state index in [1.807, 2.05) is 25.6 Å². The van der Waals surface area contributed by atoms with Gasteiger partial charge < -0.3 is 4.90 Å². The lowest BCUT2D eigenvalue weighted by molar-refractivity contribution is 0.0772. The number of amides is 1. The Kier molecular flexibility index (Phi) is 3.69. The first kappa shape index (κ1) is 13.3. The van der Waals surface area contributed by atoms with Crippen molar-refractivity contribution in [2.24, 2.45) is 7.05 Å². The van der Waals surface area contributed by atoms with Crippen LogP contribution in [0.25, 0.3) is 0 Å². The van der Waals surface area contributed by atoms with E-state index in [2.05, 4.69) is 10.2 Å². The molecular formula is C13H19N5O. The van der Waals surface area contributed by atoms with E-state index in [0.29, 0.717) is 18.8 Å². The maximum atomic E-state index is 12.3. The third-order valence-corrected chi connectivity index (χ3v) is 3.33. The van der Waals surface area contributed by atoms with Crippen LogP contribution in [-0.4, -0.2) is 37.4 Å². The number of carbonyl (C=O) groups excluding carboxylic acids is 1. The number of carbonyl (C=O) groups is 1. The highest BCUT2D eigenvalue weighted by molar-refractivity contribution is 5.92. The van der Waals surface area contributed by atoms with Crippen molar-refractivity contribution in [2.75, 3.05) is 7.05 Å². The van der Waals surface area contributed by atoms with Gasteiger partial charge in [-0.3, -0.25) is 14.2 Å². The van der Waals surface area contributed by atoms with Crippen LogP contribution in [0.1, 0.15) is 28.7 Å². The predicted octanol–water partition coefficient (Wildman–Crippen LogP) is 1.22. The third-order valence-electron chi connectivity index (χ3n) is 3.33. The average molecular weight is 261 g/mol. The maximum Gasteiger partial charge on any atom is 0.272 e. The zero-order valence-corrected chi connectivity index (χ0v) is 11.8. The van der Waals surface area contributed by atoms with Gasteiger partial charge in [-0.15, -0.1) is 0 Å². The van der Waals surface area contributed by atoms with E-state index in [9.17, 15) is 4.79 Å². The Balaban J connectivity index is 2.14. The minimum Gasteiger partial charge on any atom is -0.336 e. The Morgan fingerprint density at radius 3 is 2.74 bits per heavy atom. The molecule has 0 fully saturated rings. The summed E-state index contributed by atoms with van der Waals surface area (Å²) in [5.41, 5.74) is 2.75. The van der Waals surface area contributed by atoms with Crippen molar-refractivity contribution in [1.29, 1.82) is 0 Å². The minimum atomic E-state index is -0.0254. The first-order valence-corrected chi connectivity index (χ1v) is 6.29. The fourth-order valence-corrected chi connectivity index (χ4v) is 1.99. The van der Waals surface area contributed by atoms with Crippen molar-refractivity contribution in [3.05, 3.63) is 35.4 Å². The monoisotopic (exact) mass is 261 g/mol. The second kappa shape index (κ2) is 5.26. The largest absolute Gasteiger partial charge is 0.336 e. The van der Waals surface area contributed by atoms with Gasteiger partial charge in [0.05, 0.1) is 6.20 Å². The molecule has 0 aliphatic carbocycles. The van der Waals surface area contributed by atoms with Crippen molar-refractivity contribution in [3.63, 3.8) is 0 Å². The van der Waals surface area contributed by atoms with Gasteiger partial charge in [0.1, 0.15) is 5.69 Å². The molecule has 0 N–H and O–H groups in total. The van der Waals surface area contributed by atoms with Crippen molar-refractivity contribution < 1.29 is 4.79 Å². The molecular weight excluding hydrogens is 242 g/mol. The molecule has 2 heterocycles. The molecule has 0 aliphatic rings. The van der Waals surface area contributed by atoms with Crippen LogP contribution in [0.4, 0.5) is 0 Å². The predicted molar refractivity (Wildman–Crippen MR) is 71.6 cm³/mol. The molecule has 0 saturated carbocycles. The van der Waals surface area contributed by atoms with Crippen LogP contribution in [0.15, 0.2) is 18.5 Å². The lowest BCUT2D eigenvalue weighted by Crippen LogP contribution is -2.28. The Hall–Kier alpha value is -2.11. The maximum absolute atomic E-state index is 12.3. The normalized spacial score (nSPS) is 10.7. The Morgan fingerprint density at radius 2 is 2.16 bits per heavy atom. The van der Waals surface area contributed by atoms with Gasteiger partial charge in [-0.1, -0.05) is 0 Å². The van der Waals surface area contributed by atoms with Crippen molar-refractivity contribution in [3.8, 4) is 0 Å². The fourth-order valence-electron chi connectivity index (χ4n) is 1.99. The molecule has 0 atom stereocenters. The summed E-state index contributed by atoms with van der Waals surface area (Å²) in [6, 6.07) is 1.75. The first-order chi connectivity index (χ1) is 9.04. The zero-order chi connectivity index (χ0) is 14.0. The second-order valence-electron chi connectivity index (χ2n) is 4.57. The molecule has 2 aromatic heterocycles. The summed E-state index contributed by atoms with van der Waals surface area (Å²) in [5.74, 6) is -0.0254. The summed E-state index contributed by atoms with van der Waals surface area (Å²) in [4.78, 5) is 14.0. The van der Waals surface area contributed by atoms with Crippen LogP contribution in [-0.2, 0) is 20.1 Å². The Morgan fingerprint density at radius 1 is 1.42 bits per heavy atom. The Labute approximate surface area is 112 Å². The second-order valence-corrected chi connectivity index (χ2v) is 4.57. The van der Waals surface area contributed by atoms with E-state index >= 15 is 0 Å². The van der Waals surface area contributed by atoms with Gasteiger partial charge in [-0.05, 0) is 19.9 Å². The summed E-state index contributed by atoms with van der Waals surface area (Å²) in [6.07, 6.45) is 3.45. The molecule has 2 aromatic rings.